The third-order valence-corrected chi connectivity index (χ3v) is 6.65. The van der Waals surface area contributed by atoms with Crippen LogP contribution < -0.4 is 10.2 Å². The SMILES string of the molecule is CC(=O)Nc1ccc(C(=O)/C=C/c2ccc(N(C)CCOS(=O)(=O)c3ccc(C)cc3)cc2)c(O)c1. The number of anilines is 2. The van der Waals surface area contributed by atoms with Gasteiger partial charge < -0.3 is 15.3 Å². The highest BCUT2D eigenvalue weighted by atomic mass is 32.2. The summed E-state index contributed by atoms with van der Waals surface area (Å²) in [6, 6.07) is 18.1. The molecule has 0 unspecified atom stereocenters. The monoisotopic (exact) mass is 508 g/mol. The normalized spacial score (nSPS) is 11.4. The van der Waals surface area contributed by atoms with Crippen molar-refractivity contribution in [3.8, 4) is 5.75 Å². The smallest absolute Gasteiger partial charge is 0.297 e. The van der Waals surface area contributed by atoms with Gasteiger partial charge in [-0.05, 0) is 55.0 Å². The van der Waals surface area contributed by atoms with Crippen molar-refractivity contribution in [3.05, 3.63) is 89.5 Å². The quantitative estimate of drug-likeness (QED) is 0.237. The number of hydrogen-bond donors (Lipinski definition) is 2. The Morgan fingerprint density at radius 3 is 2.31 bits per heavy atom. The van der Waals surface area contributed by atoms with Gasteiger partial charge in [-0.3, -0.25) is 13.8 Å². The van der Waals surface area contributed by atoms with Crippen LogP contribution in [-0.4, -0.2) is 45.4 Å². The Morgan fingerprint density at radius 1 is 1.03 bits per heavy atom. The summed E-state index contributed by atoms with van der Waals surface area (Å²) in [5, 5.41) is 12.7. The van der Waals surface area contributed by atoms with Gasteiger partial charge in [-0.25, -0.2) is 0 Å². The number of nitrogens with one attached hydrogen (secondary N) is 1. The van der Waals surface area contributed by atoms with Gasteiger partial charge in [0, 0.05) is 38.0 Å². The molecular formula is C27H28N2O6S. The van der Waals surface area contributed by atoms with Crippen LogP contribution in [0.5, 0.6) is 5.75 Å². The number of hydrogen-bond acceptors (Lipinski definition) is 7. The molecule has 0 aromatic heterocycles. The number of benzene rings is 3. The van der Waals surface area contributed by atoms with Crippen LogP contribution in [0.2, 0.25) is 0 Å². The molecule has 8 nitrogen and oxygen atoms in total. The summed E-state index contributed by atoms with van der Waals surface area (Å²) in [7, 11) is -1.99. The van der Waals surface area contributed by atoms with Crippen molar-refractivity contribution in [2.75, 3.05) is 30.4 Å². The summed E-state index contributed by atoms with van der Waals surface area (Å²) in [6.07, 6.45) is 2.99. The first-order valence-electron chi connectivity index (χ1n) is 11.2. The van der Waals surface area contributed by atoms with E-state index in [1.807, 2.05) is 43.1 Å². The van der Waals surface area contributed by atoms with Crippen LogP contribution in [0.15, 0.2) is 77.7 Å². The lowest BCUT2D eigenvalue weighted by Gasteiger charge is -2.19. The minimum Gasteiger partial charge on any atom is -0.507 e. The highest BCUT2D eigenvalue weighted by Crippen LogP contribution is 2.23. The van der Waals surface area contributed by atoms with Crippen molar-refractivity contribution in [1.29, 1.82) is 0 Å². The summed E-state index contributed by atoms with van der Waals surface area (Å²) < 4.78 is 29.8. The molecule has 0 saturated carbocycles. The second kappa shape index (κ2) is 11.7. The topological polar surface area (TPSA) is 113 Å². The van der Waals surface area contributed by atoms with Crippen LogP contribution in [0.1, 0.15) is 28.4 Å². The molecule has 3 aromatic rings. The maximum Gasteiger partial charge on any atom is 0.297 e. The van der Waals surface area contributed by atoms with Gasteiger partial charge >= 0.3 is 0 Å². The molecule has 9 heteroatoms. The van der Waals surface area contributed by atoms with Gasteiger partial charge in [0.1, 0.15) is 5.75 Å². The van der Waals surface area contributed by atoms with Crippen molar-refractivity contribution < 1.29 is 27.3 Å². The van der Waals surface area contributed by atoms with Crippen molar-refractivity contribution in [2.45, 2.75) is 18.7 Å². The van der Waals surface area contributed by atoms with Gasteiger partial charge in [0.15, 0.2) is 5.78 Å². The molecule has 1 amide bonds. The average molecular weight is 509 g/mol. The number of rotatable bonds is 10. The van der Waals surface area contributed by atoms with Gasteiger partial charge in [0.2, 0.25) is 5.91 Å². The average Bonchev–Trinajstić information content (AvgIpc) is 2.82. The zero-order chi connectivity index (χ0) is 26.3. The lowest BCUT2D eigenvalue weighted by atomic mass is 10.1. The lowest BCUT2D eigenvalue weighted by Crippen LogP contribution is -2.24. The Labute approximate surface area is 211 Å². The summed E-state index contributed by atoms with van der Waals surface area (Å²) in [6.45, 7) is 3.58. The minimum absolute atomic E-state index is 0.00686. The number of phenols is 1. The van der Waals surface area contributed by atoms with Crippen LogP contribution in [0.25, 0.3) is 6.08 Å². The minimum atomic E-state index is -3.82. The van der Waals surface area contributed by atoms with Crippen LogP contribution in [-0.2, 0) is 19.1 Å². The van der Waals surface area contributed by atoms with Gasteiger partial charge in [-0.2, -0.15) is 8.42 Å². The summed E-state index contributed by atoms with van der Waals surface area (Å²) in [4.78, 5) is 25.6. The van der Waals surface area contributed by atoms with Gasteiger partial charge in [-0.15, -0.1) is 0 Å². The fraction of sp³-hybridized carbons (Fsp3) is 0.185. The number of carbonyl (C=O) groups excluding carboxylic acids is 2. The van der Waals surface area contributed by atoms with Crippen LogP contribution in [0.4, 0.5) is 11.4 Å². The van der Waals surface area contributed by atoms with E-state index in [-0.39, 0.29) is 34.5 Å². The Bertz CT molecular complexity index is 1360. The Balaban J connectivity index is 1.55. The summed E-state index contributed by atoms with van der Waals surface area (Å²) in [5.41, 5.74) is 3.11. The number of aromatic hydroxyl groups is 1. The predicted octanol–water partition coefficient (Wildman–Crippen LogP) is 4.40. The highest BCUT2D eigenvalue weighted by molar-refractivity contribution is 7.86. The van der Waals surface area contributed by atoms with Gasteiger partial charge in [0.25, 0.3) is 10.1 Å². The molecule has 0 fully saturated rings. The van der Waals surface area contributed by atoms with E-state index in [4.69, 9.17) is 4.18 Å². The van der Waals surface area contributed by atoms with Crippen LogP contribution in [0, 0.1) is 6.92 Å². The molecule has 0 radical (unpaired) electrons. The molecule has 0 aliphatic heterocycles. The second-order valence-electron chi connectivity index (χ2n) is 8.21. The molecule has 188 valence electrons. The first kappa shape index (κ1) is 26.7. The van der Waals surface area contributed by atoms with Crippen molar-refractivity contribution >= 4 is 39.3 Å². The Kier molecular flexibility index (Phi) is 8.63. The summed E-state index contributed by atoms with van der Waals surface area (Å²) >= 11 is 0. The van der Waals surface area contributed by atoms with Gasteiger partial charge in [-0.1, -0.05) is 35.9 Å². The molecule has 0 aliphatic carbocycles. The molecule has 2 N–H and O–H groups in total. The third kappa shape index (κ3) is 7.27. The van der Waals surface area contributed by atoms with E-state index < -0.39 is 10.1 Å². The zero-order valence-corrected chi connectivity index (χ0v) is 21.1. The molecule has 3 rings (SSSR count). The largest absolute Gasteiger partial charge is 0.507 e. The van der Waals surface area contributed by atoms with E-state index in [2.05, 4.69) is 5.32 Å². The Hall–Kier alpha value is -3.95. The van der Waals surface area contributed by atoms with Crippen molar-refractivity contribution in [3.63, 3.8) is 0 Å². The Morgan fingerprint density at radius 2 is 1.69 bits per heavy atom. The number of ketones is 1. The highest BCUT2D eigenvalue weighted by Gasteiger charge is 2.15. The molecule has 0 bridgehead atoms. The standard InChI is InChI=1S/C27H28N2O6S/c1-19-4-12-24(13-5-19)36(33,34)35-17-16-29(3)23-10-6-21(7-11-23)8-15-26(31)25-14-9-22(18-27(25)32)28-20(2)30/h4-15,18,32H,16-17H2,1-3H3,(H,28,30)/b15-8+. The maximum absolute atomic E-state index is 12.5. The van der Waals surface area contributed by atoms with E-state index in [1.165, 1.54) is 37.3 Å². The number of nitrogens with zero attached hydrogens (tertiary/aromatic N) is 1. The number of likely N-dealkylation sites (N-methyl/N-ethyl adjacent to an activating group) is 1. The maximum atomic E-state index is 12.5. The molecule has 0 heterocycles. The molecule has 0 aliphatic rings. The number of amides is 1. The molecule has 0 saturated heterocycles. The first-order valence-corrected chi connectivity index (χ1v) is 12.6. The molecular weight excluding hydrogens is 480 g/mol. The van der Waals surface area contributed by atoms with E-state index >= 15 is 0 Å². The van der Waals surface area contributed by atoms with E-state index in [1.54, 1.807) is 24.3 Å². The molecule has 3 aromatic carbocycles. The second-order valence-corrected chi connectivity index (χ2v) is 9.83. The van der Waals surface area contributed by atoms with Crippen molar-refractivity contribution in [1.82, 2.24) is 0 Å². The van der Waals surface area contributed by atoms with Gasteiger partial charge in [0.05, 0.1) is 17.1 Å². The third-order valence-electron chi connectivity index (χ3n) is 5.32. The van der Waals surface area contributed by atoms with Crippen LogP contribution >= 0.6 is 0 Å². The lowest BCUT2D eigenvalue weighted by molar-refractivity contribution is -0.114. The number of aryl methyl sites for hydroxylation is 1. The fourth-order valence-corrected chi connectivity index (χ4v) is 4.21. The predicted molar refractivity (Wildman–Crippen MR) is 140 cm³/mol. The van der Waals surface area contributed by atoms with Crippen molar-refractivity contribution in [2.24, 2.45) is 0 Å². The number of allylic oxidation sites excluding steroid dienone is 1. The van der Waals surface area contributed by atoms with E-state index in [0.717, 1.165) is 16.8 Å². The van der Waals surface area contributed by atoms with E-state index in [0.29, 0.717) is 12.2 Å². The summed E-state index contributed by atoms with van der Waals surface area (Å²) in [5.74, 6) is -0.878. The van der Waals surface area contributed by atoms with Crippen LogP contribution in [0.3, 0.4) is 0 Å². The first-order chi connectivity index (χ1) is 17.0. The van der Waals surface area contributed by atoms with E-state index in [9.17, 15) is 23.1 Å². The number of carbonyl (C=O) groups is 2. The zero-order valence-electron chi connectivity index (χ0n) is 20.3. The number of phenolic OH excluding ortho intramolecular Hbond substituents is 1. The molecule has 0 spiro atoms. The molecule has 0 atom stereocenters. The molecule has 36 heavy (non-hydrogen) atoms. The fourth-order valence-electron chi connectivity index (χ4n) is 3.31.